The lowest BCUT2D eigenvalue weighted by molar-refractivity contribution is 0.603. The second-order valence-electron chi connectivity index (χ2n) is 8.83. The molecule has 1 nitrogen and oxygen atoms in total. The molecule has 0 atom stereocenters. The van der Waals surface area contributed by atoms with Gasteiger partial charge in [-0.25, -0.2) is 0 Å². The van der Waals surface area contributed by atoms with Crippen molar-refractivity contribution >= 4 is 60.0 Å². The fourth-order valence-corrected chi connectivity index (χ4v) is 13.3. The Morgan fingerprint density at radius 3 is 1.24 bits per heavy atom. The van der Waals surface area contributed by atoms with Crippen LogP contribution in [0.1, 0.15) is 5.56 Å². The zero-order chi connectivity index (χ0) is 26.3. The highest BCUT2D eigenvalue weighted by Gasteiger charge is 2.50. The van der Waals surface area contributed by atoms with Gasteiger partial charge in [-0.05, 0) is 67.6 Å². The minimum atomic E-state index is -3.21. The Balaban J connectivity index is 1.82. The summed E-state index contributed by atoms with van der Waals surface area (Å²) in [7, 11) is -6.39. The first-order valence-electron chi connectivity index (χ1n) is 12.4. The smallest absolute Gasteiger partial charge is 0.328 e. The molecule has 0 aliphatic rings. The molecule has 0 bridgehead atoms. The van der Waals surface area contributed by atoms with Gasteiger partial charge < -0.3 is 4.12 Å². The summed E-state index contributed by atoms with van der Waals surface area (Å²) in [5, 5.41) is 4.22. The van der Waals surface area contributed by atoms with Gasteiger partial charge in [-0.3, -0.25) is 0 Å². The van der Waals surface area contributed by atoms with Crippen LogP contribution in [-0.2, 0) is 4.12 Å². The third-order valence-electron chi connectivity index (χ3n) is 6.46. The van der Waals surface area contributed by atoms with Crippen LogP contribution in [0, 0.1) is 27.0 Å². The van der Waals surface area contributed by atoms with Crippen molar-refractivity contribution in [2.75, 3.05) is 0 Å². The monoisotopic (exact) mass is 632 g/mol. The predicted molar refractivity (Wildman–Crippen MR) is 172 cm³/mol. The molecule has 5 aromatic carbocycles. The number of rotatable bonds is 6. The van der Waals surface area contributed by atoms with Crippen LogP contribution < -0.4 is 20.7 Å². The first-order valence-corrected chi connectivity index (χ1v) is 17.2. The lowest BCUT2D eigenvalue weighted by atomic mass is 10.2. The highest BCUT2D eigenvalue weighted by atomic mass is 127. The molecule has 0 spiro atoms. The lowest BCUT2D eigenvalue weighted by Crippen LogP contribution is -2.72. The second kappa shape index (κ2) is 11.8. The number of hydrogen-bond donors (Lipinski definition) is 0. The Bertz CT molecular complexity index is 1510. The zero-order valence-electron chi connectivity index (χ0n) is 20.7. The fraction of sp³-hybridized carbons (Fsp3) is 0. The molecule has 0 saturated carbocycles. The molecule has 0 radical (unpaired) electrons. The van der Waals surface area contributed by atoms with Crippen LogP contribution in [0.15, 0.2) is 146 Å². The molecule has 0 saturated heterocycles. The van der Waals surface area contributed by atoms with Crippen molar-refractivity contribution in [1.29, 1.82) is 0 Å². The number of benzene rings is 5. The molecule has 0 heterocycles. The van der Waals surface area contributed by atoms with Crippen LogP contribution in [0.4, 0.5) is 0 Å². The van der Waals surface area contributed by atoms with Crippen molar-refractivity contribution in [3.05, 3.63) is 155 Å². The average molecular weight is 633 g/mol. The molecule has 5 rings (SSSR count). The van der Waals surface area contributed by atoms with Crippen LogP contribution in [0.5, 0.6) is 0 Å². The van der Waals surface area contributed by atoms with Crippen LogP contribution in [0.25, 0.3) is 0 Å². The van der Waals surface area contributed by atoms with E-state index in [1.54, 1.807) is 0 Å². The summed E-state index contributed by atoms with van der Waals surface area (Å²) in [6.07, 6.45) is 6.52. The molecular weight excluding hydrogens is 607 g/mol. The Labute approximate surface area is 241 Å². The van der Waals surface area contributed by atoms with E-state index in [-0.39, 0.29) is 0 Å². The summed E-state index contributed by atoms with van der Waals surface area (Å²) in [4.78, 5) is 0. The highest BCUT2D eigenvalue weighted by molar-refractivity contribution is 14.1. The minimum Gasteiger partial charge on any atom is -0.424 e. The van der Waals surface area contributed by atoms with Gasteiger partial charge in [0.1, 0.15) is 0 Å². The Morgan fingerprint density at radius 2 is 0.868 bits per heavy atom. The van der Waals surface area contributed by atoms with Crippen LogP contribution in [-0.4, -0.2) is 16.6 Å². The van der Waals surface area contributed by atoms with E-state index in [0.29, 0.717) is 0 Å². The first-order chi connectivity index (χ1) is 18.7. The molecule has 0 unspecified atom stereocenters. The van der Waals surface area contributed by atoms with Crippen LogP contribution in [0.2, 0.25) is 0 Å². The molecule has 182 valence electrons. The maximum atomic E-state index is 7.63. The normalized spacial score (nSPS) is 11.2. The standard InChI is InChI=1S/C34H25IOSi2/c1-2-37(31-15-7-3-8-16-31,32-17-9-4-10-18-32)36-38(33-19-11-5-12-20-33,34-21-13-6-14-22-34)28-27-29-23-25-30(35)26-24-29/h1,3-26H. The van der Waals surface area contributed by atoms with Gasteiger partial charge in [0.05, 0.1) is 0 Å². The van der Waals surface area contributed by atoms with Crippen LogP contribution >= 0.6 is 22.6 Å². The highest BCUT2D eigenvalue weighted by Crippen LogP contribution is 2.17. The molecule has 38 heavy (non-hydrogen) atoms. The fourth-order valence-electron chi connectivity index (χ4n) is 4.55. The molecule has 4 heteroatoms. The first kappa shape index (κ1) is 26.0. The van der Waals surface area contributed by atoms with E-state index in [9.17, 15) is 0 Å². The van der Waals surface area contributed by atoms with Crippen molar-refractivity contribution < 1.29 is 4.12 Å². The van der Waals surface area contributed by atoms with E-state index in [1.807, 2.05) is 48.5 Å². The molecule has 0 amide bonds. The van der Waals surface area contributed by atoms with Crippen molar-refractivity contribution in [2.24, 2.45) is 0 Å². The Morgan fingerprint density at radius 1 is 0.500 bits per heavy atom. The summed E-state index contributed by atoms with van der Waals surface area (Å²) in [6.45, 7) is 0. The molecule has 0 aromatic heterocycles. The summed E-state index contributed by atoms with van der Waals surface area (Å²) < 4.78 is 8.80. The molecule has 5 aromatic rings. The molecule has 0 aliphatic carbocycles. The van der Waals surface area contributed by atoms with E-state index in [0.717, 1.165) is 26.3 Å². The van der Waals surface area contributed by atoms with Gasteiger partial charge in [0.25, 0.3) is 0 Å². The number of terminal acetylenes is 1. The van der Waals surface area contributed by atoms with Crippen molar-refractivity contribution in [3.8, 4) is 23.4 Å². The average Bonchev–Trinajstić information content (AvgIpc) is 3.00. The minimum absolute atomic E-state index is 0.949. The van der Waals surface area contributed by atoms with Crippen molar-refractivity contribution in [2.45, 2.75) is 0 Å². The molecule has 0 N–H and O–H groups in total. The Kier molecular flexibility index (Phi) is 8.07. The van der Waals surface area contributed by atoms with Gasteiger partial charge in [-0.15, -0.1) is 6.42 Å². The van der Waals surface area contributed by atoms with Gasteiger partial charge in [-0.2, -0.15) is 0 Å². The topological polar surface area (TPSA) is 9.23 Å². The molecular formula is C34H25IOSi2. The van der Waals surface area contributed by atoms with Gasteiger partial charge >= 0.3 is 16.6 Å². The summed E-state index contributed by atoms with van der Waals surface area (Å²) >= 11 is 2.31. The summed E-state index contributed by atoms with van der Waals surface area (Å²) in [6, 6.07) is 49.6. The van der Waals surface area contributed by atoms with E-state index in [2.05, 4.69) is 137 Å². The predicted octanol–water partition coefficient (Wildman–Crippen LogP) is 4.89. The third-order valence-corrected chi connectivity index (χ3v) is 15.1. The van der Waals surface area contributed by atoms with Gasteiger partial charge in [-0.1, -0.05) is 138 Å². The lowest BCUT2D eigenvalue weighted by Gasteiger charge is -2.37. The van der Waals surface area contributed by atoms with Crippen LogP contribution in [0.3, 0.4) is 0 Å². The maximum Gasteiger partial charge on any atom is 0.328 e. The summed E-state index contributed by atoms with van der Waals surface area (Å²) in [5.74, 6) is 3.50. The van der Waals surface area contributed by atoms with Crippen molar-refractivity contribution in [1.82, 2.24) is 0 Å². The van der Waals surface area contributed by atoms with Gasteiger partial charge in [0.2, 0.25) is 0 Å². The Hall–Kier alpha value is -3.66. The van der Waals surface area contributed by atoms with Gasteiger partial charge in [0.15, 0.2) is 0 Å². The summed E-state index contributed by atoms with van der Waals surface area (Å²) in [5.41, 5.74) is 7.91. The second-order valence-corrected chi connectivity index (χ2v) is 16.5. The third kappa shape index (κ3) is 5.31. The van der Waals surface area contributed by atoms with Crippen molar-refractivity contribution in [3.63, 3.8) is 0 Å². The van der Waals surface area contributed by atoms with E-state index >= 15 is 0 Å². The maximum absolute atomic E-state index is 7.63. The number of hydrogen-bond acceptors (Lipinski definition) is 1. The molecule has 0 aliphatic heterocycles. The molecule has 0 fully saturated rings. The van der Waals surface area contributed by atoms with E-state index < -0.39 is 16.6 Å². The van der Waals surface area contributed by atoms with Gasteiger partial charge in [0, 0.05) is 9.13 Å². The SMILES string of the molecule is C#C[Si](O[Si](C#Cc1ccc(I)cc1)(c1ccccc1)c1ccccc1)(c1ccccc1)c1ccccc1. The zero-order valence-corrected chi connectivity index (χ0v) is 24.9. The quantitative estimate of drug-likeness (QED) is 0.147. The largest absolute Gasteiger partial charge is 0.424 e. The number of halogens is 1. The van der Waals surface area contributed by atoms with E-state index in [1.165, 1.54) is 3.57 Å². The van der Waals surface area contributed by atoms with E-state index in [4.69, 9.17) is 10.5 Å².